The number of hydrogen-bond donors (Lipinski definition) is 0. The number of alkyl halides is 1. The molecule has 0 aliphatic carbocycles. The van der Waals surface area contributed by atoms with Crippen molar-refractivity contribution in [2.45, 2.75) is 5.33 Å². The van der Waals surface area contributed by atoms with Crippen LogP contribution in [-0.4, -0.2) is 4.98 Å². The van der Waals surface area contributed by atoms with Crippen molar-refractivity contribution in [3.63, 3.8) is 0 Å². The Hall–Kier alpha value is -0.400. The van der Waals surface area contributed by atoms with E-state index < -0.39 is 0 Å². The zero-order valence-electron chi connectivity index (χ0n) is 4.47. The van der Waals surface area contributed by atoms with E-state index in [9.17, 15) is 0 Å². The number of thiazole rings is 1. The summed E-state index contributed by atoms with van der Waals surface area (Å²) in [6.07, 6.45) is 0. The van der Waals surface area contributed by atoms with Crippen molar-refractivity contribution >= 4 is 27.3 Å². The third-order valence-corrected chi connectivity index (χ3v) is 2.15. The van der Waals surface area contributed by atoms with E-state index in [4.69, 9.17) is 5.26 Å². The summed E-state index contributed by atoms with van der Waals surface area (Å²) in [5.41, 5.74) is 0.927. The van der Waals surface area contributed by atoms with Crippen LogP contribution in [0, 0.1) is 11.3 Å². The van der Waals surface area contributed by atoms with Gasteiger partial charge >= 0.3 is 0 Å². The molecule has 1 aromatic rings. The van der Waals surface area contributed by atoms with Gasteiger partial charge < -0.3 is 0 Å². The highest BCUT2D eigenvalue weighted by Crippen LogP contribution is 2.10. The van der Waals surface area contributed by atoms with Gasteiger partial charge in [-0.05, 0) is 0 Å². The van der Waals surface area contributed by atoms with Crippen molar-refractivity contribution in [3.05, 3.63) is 16.1 Å². The highest BCUT2D eigenvalue weighted by atomic mass is 79.9. The monoisotopic (exact) mass is 202 g/mol. The molecule has 1 aromatic heterocycles. The van der Waals surface area contributed by atoms with Gasteiger partial charge in [-0.25, -0.2) is 4.98 Å². The lowest BCUT2D eigenvalue weighted by molar-refractivity contribution is 1.22. The third kappa shape index (κ3) is 1.50. The summed E-state index contributed by atoms with van der Waals surface area (Å²) < 4.78 is 0. The molecule has 1 heterocycles. The van der Waals surface area contributed by atoms with E-state index in [0.717, 1.165) is 11.0 Å². The van der Waals surface area contributed by atoms with Gasteiger partial charge in [-0.1, -0.05) is 15.9 Å². The van der Waals surface area contributed by atoms with Gasteiger partial charge in [0.15, 0.2) is 5.01 Å². The van der Waals surface area contributed by atoms with Crippen molar-refractivity contribution in [2.24, 2.45) is 0 Å². The van der Waals surface area contributed by atoms with Crippen LogP contribution in [0.3, 0.4) is 0 Å². The molecule has 2 nitrogen and oxygen atoms in total. The van der Waals surface area contributed by atoms with Crippen molar-refractivity contribution in [2.75, 3.05) is 0 Å². The van der Waals surface area contributed by atoms with E-state index in [-0.39, 0.29) is 0 Å². The van der Waals surface area contributed by atoms with E-state index in [1.165, 1.54) is 11.3 Å². The Morgan fingerprint density at radius 1 is 1.89 bits per heavy atom. The minimum absolute atomic E-state index is 0.532. The van der Waals surface area contributed by atoms with Gasteiger partial charge in [0.05, 0.1) is 5.69 Å². The van der Waals surface area contributed by atoms with Crippen LogP contribution in [0.1, 0.15) is 10.7 Å². The summed E-state index contributed by atoms with van der Waals surface area (Å²) in [6.45, 7) is 0. The highest BCUT2D eigenvalue weighted by Gasteiger charge is 1.96. The van der Waals surface area contributed by atoms with Crippen LogP contribution in [0.25, 0.3) is 0 Å². The largest absolute Gasteiger partial charge is 0.230 e. The average molecular weight is 203 g/mol. The highest BCUT2D eigenvalue weighted by molar-refractivity contribution is 9.08. The van der Waals surface area contributed by atoms with Gasteiger partial charge in [0.25, 0.3) is 0 Å². The topological polar surface area (TPSA) is 36.7 Å². The molecule has 0 unspecified atom stereocenters. The second-order valence-electron chi connectivity index (χ2n) is 1.39. The Labute approximate surface area is 65.3 Å². The number of aromatic nitrogens is 1. The molecule has 0 saturated heterocycles. The number of rotatable bonds is 1. The van der Waals surface area contributed by atoms with Gasteiger partial charge in [-0.3, -0.25) is 0 Å². The molecule has 0 radical (unpaired) electrons. The minimum atomic E-state index is 0.532. The van der Waals surface area contributed by atoms with E-state index in [0.29, 0.717) is 5.01 Å². The SMILES string of the molecule is N#Cc1nc(CBr)cs1. The number of nitrogens with zero attached hydrogens (tertiary/aromatic N) is 2. The first-order chi connectivity index (χ1) is 4.36. The molecule has 0 aliphatic rings. The Bertz CT molecular complexity index is 237. The maximum Gasteiger partial charge on any atom is 0.194 e. The summed E-state index contributed by atoms with van der Waals surface area (Å²) in [4.78, 5) is 3.96. The normalized spacial score (nSPS) is 8.89. The molecule has 0 N–H and O–H groups in total. The molecule has 0 atom stereocenters. The van der Waals surface area contributed by atoms with Gasteiger partial charge in [-0.15, -0.1) is 11.3 Å². The molecule has 0 aromatic carbocycles. The lowest BCUT2D eigenvalue weighted by atomic mass is 10.6. The van der Waals surface area contributed by atoms with Crippen LogP contribution in [0.15, 0.2) is 5.38 Å². The van der Waals surface area contributed by atoms with Gasteiger partial charge in [0, 0.05) is 10.7 Å². The molecule has 4 heteroatoms. The van der Waals surface area contributed by atoms with Crippen molar-refractivity contribution in [3.8, 4) is 6.07 Å². The molecule has 0 bridgehead atoms. The zero-order valence-corrected chi connectivity index (χ0v) is 6.87. The van der Waals surface area contributed by atoms with Crippen molar-refractivity contribution in [1.29, 1.82) is 5.26 Å². The summed E-state index contributed by atoms with van der Waals surface area (Å²) in [5.74, 6) is 0. The molecular formula is C5H3BrN2S. The second kappa shape index (κ2) is 2.95. The van der Waals surface area contributed by atoms with Crippen molar-refractivity contribution < 1.29 is 0 Å². The molecular weight excluding hydrogens is 200 g/mol. The quantitative estimate of drug-likeness (QED) is 0.653. The van der Waals surface area contributed by atoms with Crippen molar-refractivity contribution in [1.82, 2.24) is 4.98 Å². The molecule has 1 rings (SSSR count). The van der Waals surface area contributed by atoms with Gasteiger partial charge in [0.1, 0.15) is 6.07 Å². The second-order valence-corrected chi connectivity index (χ2v) is 2.81. The van der Waals surface area contributed by atoms with Crippen LogP contribution in [0.2, 0.25) is 0 Å². The third-order valence-electron chi connectivity index (χ3n) is 0.784. The van der Waals surface area contributed by atoms with E-state index >= 15 is 0 Å². The van der Waals surface area contributed by atoms with Gasteiger partial charge in [-0.2, -0.15) is 5.26 Å². The maximum atomic E-state index is 8.33. The molecule has 9 heavy (non-hydrogen) atoms. The number of nitriles is 1. The Kier molecular flexibility index (Phi) is 2.20. The average Bonchev–Trinajstić information content (AvgIpc) is 2.34. The Morgan fingerprint density at radius 2 is 2.67 bits per heavy atom. The fraction of sp³-hybridized carbons (Fsp3) is 0.200. The first kappa shape index (κ1) is 6.72. The Morgan fingerprint density at radius 3 is 3.00 bits per heavy atom. The summed E-state index contributed by atoms with van der Waals surface area (Å²) in [6, 6.07) is 1.97. The summed E-state index contributed by atoms with van der Waals surface area (Å²) in [7, 11) is 0. The van der Waals surface area contributed by atoms with Crippen LogP contribution in [-0.2, 0) is 5.33 Å². The van der Waals surface area contributed by atoms with E-state index in [1.54, 1.807) is 0 Å². The standard InChI is InChI=1S/C5H3BrN2S/c6-1-4-3-9-5(2-7)8-4/h3H,1H2. The van der Waals surface area contributed by atoms with Crippen LogP contribution >= 0.6 is 27.3 Å². The first-order valence-corrected chi connectivity index (χ1v) is 4.27. The number of halogens is 1. The lowest BCUT2D eigenvalue weighted by Gasteiger charge is -1.77. The first-order valence-electron chi connectivity index (χ1n) is 2.27. The Balaban J connectivity index is 2.90. The summed E-state index contributed by atoms with van der Waals surface area (Å²) >= 11 is 4.61. The molecule has 0 fully saturated rings. The number of hydrogen-bond acceptors (Lipinski definition) is 3. The maximum absolute atomic E-state index is 8.33. The van der Waals surface area contributed by atoms with Crippen LogP contribution < -0.4 is 0 Å². The zero-order chi connectivity index (χ0) is 6.69. The van der Waals surface area contributed by atoms with E-state index in [2.05, 4.69) is 20.9 Å². The molecule has 0 saturated carbocycles. The lowest BCUT2D eigenvalue weighted by Crippen LogP contribution is -1.75. The summed E-state index contributed by atoms with van der Waals surface area (Å²) in [5, 5.41) is 11.5. The van der Waals surface area contributed by atoms with Gasteiger partial charge in [0.2, 0.25) is 0 Å². The predicted molar refractivity (Wildman–Crippen MR) is 39.5 cm³/mol. The minimum Gasteiger partial charge on any atom is -0.230 e. The van der Waals surface area contributed by atoms with Crippen LogP contribution in [0.4, 0.5) is 0 Å². The fourth-order valence-electron chi connectivity index (χ4n) is 0.420. The van der Waals surface area contributed by atoms with E-state index in [1.807, 2.05) is 11.4 Å². The molecule has 46 valence electrons. The van der Waals surface area contributed by atoms with Crippen LogP contribution in [0.5, 0.6) is 0 Å². The molecule has 0 amide bonds. The predicted octanol–water partition coefficient (Wildman–Crippen LogP) is 1.91. The fourth-order valence-corrected chi connectivity index (χ4v) is 1.53. The smallest absolute Gasteiger partial charge is 0.194 e. The molecule has 0 spiro atoms. The molecule has 0 aliphatic heterocycles.